The van der Waals surface area contributed by atoms with Gasteiger partial charge in [0.15, 0.2) is 22.9 Å². The molecular formula is C37H34FN3O7S. The molecule has 0 radical (unpaired) electrons. The fourth-order valence-electron chi connectivity index (χ4n) is 5.86. The van der Waals surface area contributed by atoms with E-state index in [4.69, 9.17) is 18.9 Å². The Hall–Kier alpha value is -5.49. The van der Waals surface area contributed by atoms with Crippen LogP contribution in [0.4, 0.5) is 4.39 Å². The monoisotopic (exact) mass is 683 g/mol. The van der Waals surface area contributed by atoms with E-state index in [-0.39, 0.29) is 30.2 Å². The topological polar surface area (TPSA) is 110 Å². The van der Waals surface area contributed by atoms with Crippen molar-refractivity contribution < 1.29 is 32.9 Å². The lowest BCUT2D eigenvalue weighted by molar-refractivity contribution is -0.143. The van der Waals surface area contributed by atoms with Crippen LogP contribution in [0.1, 0.15) is 43.5 Å². The smallest absolute Gasteiger partial charge is 0.343 e. The molecule has 0 spiro atoms. The number of fused-ring (bicyclic) bond motifs is 2. The predicted molar refractivity (Wildman–Crippen MR) is 183 cm³/mol. The Kier molecular flexibility index (Phi) is 9.77. The molecule has 252 valence electrons. The van der Waals surface area contributed by atoms with E-state index in [1.807, 2.05) is 35.0 Å². The molecule has 0 fully saturated rings. The van der Waals surface area contributed by atoms with Crippen LogP contribution in [0.15, 0.2) is 94.0 Å². The van der Waals surface area contributed by atoms with Gasteiger partial charge in [-0.1, -0.05) is 53.8 Å². The number of rotatable bonds is 11. The molecular weight excluding hydrogens is 649 g/mol. The van der Waals surface area contributed by atoms with Gasteiger partial charge in [0.2, 0.25) is 0 Å². The summed E-state index contributed by atoms with van der Waals surface area (Å²) in [5.74, 6) is -0.820. The molecule has 0 unspecified atom stereocenters. The van der Waals surface area contributed by atoms with Crippen LogP contribution in [0.25, 0.3) is 17.0 Å². The van der Waals surface area contributed by atoms with Crippen LogP contribution in [0.3, 0.4) is 0 Å². The SMILES string of the molecule is CCOC(=O)C1=C(C)N=c2s/c(=C/c3cn(Cc4ccccc4F)c4ccccc34)c(=O)n2[C@@H]1c1ccc(OCC(=O)OC)c(OCC)c1. The first-order valence-corrected chi connectivity index (χ1v) is 16.5. The maximum absolute atomic E-state index is 14.6. The maximum atomic E-state index is 14.6. The van der Waals surface area contributed by atoms with Crippen molar-refractivity contribution in [1.82, 2.24) is 9.13 Å². The maximum Gasteiger partial charge on any atom is 0.343 e. The average Bonchev–Trinajstić information content (AvgIpc) is 3.60. The summed E-state index contributed by atoms with van der Waals surface area (Å²) in [4.78, 5) is 44.6. The minimum Gasteiger partial charge on any atom is -0.490 e. The fraction of sp³-hybridized carbons (Fsp3) is 0.243. The quantitative estimate of drug-likeness (QED) is 0.183. The second-order valence-corrected chi connectivity index (χ2v) is 12.1. The molecule has 49 heavy (non-hydrogen) atoms. The Balaban J connectivity index is 1.49. The number of methoxy groups -OCH3 is 1. The molecule has 0 aliphatic carbocycles. The van der Waals surface area contributed by atoms with Crippen LogP contribution >= 0.6 is 11.3 Å². The van der Waals surface area contributed by atoms with E-state index in [9.17, 15) is 18.8 Å². The first-order chi connectivity index (χ1) is 23.7. The third-order valence-corrected chi connectivity index (χ3v) is 9.06. The number of aromatic nitrogens is 2. The minimum absolute atomic E-state index is 0.133. The normalized spacial score (nSPS) is 14.4. The van der Waals surface area contributed by atoms with Crippen molar-refractivity contribution in [2.75, 3.05) is 26.9 Å². The summed E-state index contributed by atoms with van der Waals surface area (Å²) in [6.45, 7) is 5.65. The number of carbonyl (C=O) groups excluding carboxylic acids is 2. The largest absolute Gasteiger partial charge is 0.490 e. The molecule has 0 saturated heterocycles. The zero-order valence-electron chi connectivity index (χ0n) is 27.4. The average molecular weight is 684 g/mol. The lowest BCUT2D eigenvalue weighted by Gasteiger charge is -2.25. The Morgan fingerprint density at radius 3 is 2.53 bits per heavy atom. The second-order valence-electron chi connectivity index (χ2n) is 11.1. The molecule has 12 heteroatoms. The van der Waals surface area contributed by atoms with Gasteiger partial charge in [-0.05, 0) is 56.7 Å². The highest BCUT2D eigenvalue weighted by Gasteiger charge is 2.34. The van der Waals surface area contributed by atoms with Gasteiger partial charge in [0, 0.05) is 28.2 Å². The fourth-order valence-corrected chi connectivity index (χ4v) is 6.89. The number of para-hydroxylation sites is 1. The molecule has 0 amide bonds. The molecule has 10 nitrogen and oxygen atoms in total. The molecule has 1 aliphatic heterocycles. The molecule has 2 aromatic heterocycles. The zero-order valence-corrected chi connectivity index (χ0v) is 28.2. The number of halogens is 1. The first-order valence-electron chi connectivity index (χ1n) is 15.7. The third kappa shape index (κ3) is 6.64. The highest BCUT2D eigenvalue weighted by molar-refractivity contribution is 7.07. The number of nitrogens with zero attached hydrogens (tertiary/aromatic N) is 3. The molecule has 0 N–H and O–H groups in total. The van der Waals surface area contributed by atoms with Crippen molar-refractivity contribution in [3.8, 4) is 11.5 Å². The number of hydrogen-bond donors (Lipinski definition) is 0. The summed E-state index contributed by atoms with van der Waals surface area (Å²) >= 11 is 1.21. The van der Waals surface area contributed by atoms with E-state index in [0.29, 0.717) is 50.8 Å². The Morgan fingerprint density at radius 1 is 1.00 bits per heavy atom. The molecule has 1 aliphatic rings. The summed E-state index contributed by atoms with van der Waals surface area (Å²) in [7, 11) is 1.27. The number of esters is 2. The van der Waals surface area contributed by atoms with Gasteiger partial charge in [-0.15, -0.1) is 0 Å². The van der Waals surface area contributed by atoms with Gasteiger partial charge in [-0.3, -0.25) is 9.36 Å². The van der Waals surface area contributed by atoms with Gasteiger partial charge < -0.3 is 23.5 Å². The van der Waals surface area contributed by atoms with Gasteiger partial charge >= 0.3 is 11.9 Å². The van der Waals surface area contributed by atoms with Gasteiger partial charge in [-0.25, -0.2) is 19.0 Å². The highest BCUT2D eigenvalue weighted by atomic mass is 32.1. The number of carbonyl (C=O) groups is 2. The van der Waals surface area contributed by atoms with Crippen LogP contribution < -0.4 is 24.4 Å². The van der Waals surface area contributed by atoms with E-state index < -0.39 is 18.0 Å². The summed E-state index contributed by atoms with van der Waals surface area (Å²) in [6, 6.07) is 18.5. The lowest BCUT2D eigenvalue weighted by atomic mass is 9.95. The number of allylic oxidation sites excluding steroid dienone is 1. The third-order valence-electron chi connectivity index (χ3n) is 8.08. The van der Waals surface area contributed by atoms with Crippen LogP contribution in [-0.2, 0) is 25.6 Å². The molecule has 3 heterocycles. The molecule has 3 aromatic carbocycles. The van der Waals surface area contributed by atoms with Crippen molar-refractivity contribution in [3.05, 3.63) is 126 Å². The van der Waals surface area contributed by atoms with Crippen LogP contribution in [0.2, 0.25) is 0 Å². The van der Waals surface area contributed by atoms with Crippen molar-refractivity contribution in [1.29, 1.82) is 0 Å². The van der Waals surface area contributed by atoms with Crippen molar-refractivity contribution in [2.24, 2.45) is 4.99 Å². The Morgan fingerprint density at radius 2 is 1.78 bits per heavy atom. The summed E-state index contributed by atoms with van der Waals surface area (Å²) < 4.78 is 40.1. The molecule has 6 rings (SSSR count). The summed E-state index contributed by atoms with van der Waals surface area (Å²) in [5.41, 5.74) is 3.05. The van der Waals surface area contributed by atoms with E-state index >= 15 is 0 Å². The first kappa shape index (κ1) is 33.4. The standard InChI is InChI=1S/C37H34FN3O7S/c1-5-46-30-17-23(15-16-29(30)48-21-32(42)45-4)34-33(36(44)47-6-2)22(3)39-37-41(34)35(43)31(49-37)18-25-20-40(28-14-10-8-12-26(25)28)19-24-11-7-9-13-27(24)38/h7-18,20,34H,5-6,19,21H2,1-4H3/b31-18+/t34-/m1/s1. The van der Waals surface area contributed by atoms with Gasteiger partial charge in [0.1, 0.15) is 5.82 Å². The van der Waals surface area contributed by atoms with E-state index in [1.54, 1.807) is 63.2 Å². The number of thiazole rings is 1. The van der Waals surface area contributed by atoms with E-state index in [0.717, 1.165) is 16.5 Å². The van der Waals surface area contributed by atoms with E-state index in [1.165, 1.54) is 29.1 Å². The minimum atomic E-state index is -0.895. The predicted octanol–water partition coefficient (Wildman–Crippen LogP) is 4.89. The number of hydrogen-bond acceptors (Lipinski definition) is 9. The molecule has 1 atom stereocenters. The van der Waals surface area contributed by atoms with Crippen LogP contribution in [0, 0.1) is 5.82 Å². The van der Waals surface area contributed by atoms with Crippen molar-refractivity contribution >= 4 is 40.3 Å². The Bertz CT molecular complexity index is 2280. The van der Waals surface area contributed by atoms with Gasteiger partial charge in [-0.2, -0.15) is 0 Å². The summed E-state index contributed by atoms with van der Waals surface area (Å²) in [5, 5.41) is 0.897. The Labute approximate surface area is 284 Å². The zero-order chi connectivity index (χ0) is 34.7. The lowest BCUT2D eigenvalue weighted by Crippen LogP contribution is -2.40. The molecule has 5 aromatic rings. The molecule has 0 bridgehead atoms. The van der Waals surface area contributed by atoms with Crippen LogP contribution in [0.5, 0.6) is 11.5 Å². The number of ether oxygens (including phenoxy) is 4. The van der Waals surface area contributed by atoms with E-state index in [2.05, 4.69) is 4.99 Å². The van der Waals surface area contributed by atoms with Gasteiger partial charge in [0.05, 0.1) is 48.7 Å². The second kappa shape index (κ2) is 14.3. The highest BCUT2D eigenvalue weighted by Crippen LogP contribution is 2.36. The molecule has 0 saturated carbocycles. The van der Waals surface area contributed by atoms with Crippen molar-refractivity contribution in [3.63, 3.8) is 0 Å². The van der Waals surface area contributed by atoms with Gasteiger partial charge in [0.25, 0.3) is 5.56 Å². The number of benzene rings is 3. The van der Waals surface area contributed by atoms with Crippen molar-refractivity contribution in [2.45, 2.75) is 33.4 Å². The summed E-state index contributed by atoms with van der Waals surface area (Å²) in [6.07, 6.45) is 3.71. The van der Waals surface area contributed by atoms with Crippen LogP contribution in [-0.4, -0.2) is 48.0 Å².